The van der Waals surface area contributed by atoms with Gasteiger partial charge in [0, 0.05) is 0 Å². The first-order valence-electron chi connectivity index (χ1n) is 3.47. The normalized spacial score (nSPS) is 31.5. The third-order valence-electron chi connectivity index (χ3n) is 1.72. The predicted octanol–water partition coefficient (Wildman–Crippen LogP) is 1.04. The molecule has 3 nitrogen and oxygen atoms in total. The van der Waals surface area contributed by atoms with Gasteiger partial charge in [-0.3, -0.25) is 9.59 Å². The van der Waals surface area contributed by atoms with E-state index in [4.69, 9.17) is 0 Å². The van der Waals surface area contributed by atoms with E-state index in [1.54, 1.807) is 26.0 Å². The average molecular weight is 154 g/mol. The van der Waals surface area contributed by atoms with Crippen molar-refractivity contribution in [2.45, 2.75) is 20.3 Å². The number of esters is 2. The molecule has 0 radical (unpaired) electrons. The number of carbonyl (C=O) groups is 2. The van der Waals surface area contributed by atoms with Crippen molar-refractivity contribution in [2.75, 3.05) is 0 Å². The highest BCUT2D eigenvalue weighted by Crippen LogP contribution is 2.31. The standard InChI is InChI=1S/C8H10O3/c1-3-4-8(2)5-6(9)11-7(8)10/h3-4H,5H2,1-2H3. The Kier molecular flexibility index (Phi) is 1.81. The number of hydrogen-bond donors (Lipinski definition) is 0. The lowest BCUT2D eigenvalue weighted by molar-refractivity contribution is -0.154. The van der Waals surface area contributed by atoms with Gasteiger partial charge in [-0.15, -0.1) is 0 Å². The molecule has 0 amide bonds. The van der Waals surface area contributed by atoms with Gasteiger partial charge in [-0.05, 0) is 13.8 Å². The van der Waals surface area contributed by atoms with Crippen molar-refractivity contribution in [3.63, 3.8) is 0 Å². The number of allylic oxidation sites excluding steroid dienone is 1. The van der Waals surface area contributed by atoms with Crippen molar-refractivity contribution < 1.29 is 14.3 Å². The van der Waals surface area contributed by atoms with Crippen LogP contribution in [0.4, 0.5) is 0 Å². The molecule has 0 aromatic rings. The van der Waals surface area contributed by atoms with Gasteiger partial charge in [-0.2, -0.15) is 0 Å². The van der Waals surface area contributed by atoms with Crippen LogP contribution in [0.15, 0.2) is 12.2 Å². The summed E-state index contributed by atoms with van der Waals surface area (Å²) in [5, 5.41) is 0. The van der Waals surface area contributed by atoms with Crippen LogP contribution in [0.3, 0.4) is 0 Å². The molecular weight excluding hydrogens is 144 g/mol. The number of rotatable bonds is 1. The molecule has 1 saturated heterocycles. The van der Waals surface area contributed by atoms with Gasteiger partial charge in [0.05, 0.1) is 11.8 Å². The van der Waals surface area contributed by atoms with Crippen LogP contribution in [-0.4, -0.2) is 11.9 Å². The predicted molar refractivity (Wildman–Crippen MR) is 38.6 cm³/mol. The van der Waals surface area contributed by atoms with Crippen LogP contribution in [-0.2, 0) is 14.3 Å². The van der Waals surface area contributed by atoms with Gasteiger partial charge in [0.1, 0.15) is 0 Å². The maximum Gasteiger partial charge on any atom is 0.323 e. The second-order valence-corrected chi connectivity index (χ2v) is 2.86. The first-order valence-corrected chi connectivity index (χ1v) is 3.47. The van der Waals surface area contributed by atoms with E-state index in [-0.39, 0.29) is 6.42 Å². The Balaban J connectivity index is 2.87. The SMILES string of the molecule is CC=CC1(C)CC(=O)OC1=O. The van der Waals surface area contributed by atoms with Gasteiger partial charge in [-0.25, -0.2) is 0 Å². The Morgan fingerprint density at radius 3 is 2.55 bits per heavy atom. The molecule has 1 aliphatic heterocycles. The Bertz CT molecular complexity index is 229. The minimum Gasteiger partial charge on any atom is -0.392 e. The topological polar surface area (TPSA) is 43.4 Å². The summed E-state index contributed by atoms with van der Waals surface area (Å²) < 4.78 is 4.40. The Morgan fingerprint density at radius 1 is 1.55 bits per heavy atom. The minimum atomic E-state index is -0.716. The minimum absolute atomic E-state index is 0.163. The van der Waals surface area contributed by atoms with Crippen LogP contribution in [0.2, 0.25) is 0 Å². The fourth-order valence-electron chi connectivity index (χ4n) is 1.12. The van der Waals surface area contributed by atoms with Crippen molar-refractivity contribution in [3.8, 4) is 0 Å². The molecule has 0 N–H and O–H groups in total. The molecule has 3 heteroatoms. The number of hydrogen-bond acceptors (Lipinski definition) is 3. The summed E-state index contributed by atoms with van der Waals surface area (Å²) in [4.78, 5) is 21.7. The van der Waals surface area contributed by atoms with E-state index in [1.165, 1.54) is 0 Å². The highest BCUT2D eigenvalue weighted by molar-refractivity contribution is 5.98. The fraction of sp³-hybridized carbons (Fsp3) is 0.500. The molecule has 1 unspecified atom stereocenters. The van der Waals surface area contributed by atoms with E-state index in [1.807, 2.05) is 0 Å². The van der Waals surface area contributed by atoms with E-state index < -0.39 is 17.4 Å². The molecule has 1 heterocycles. The van der Waals surface area contributed by atoms with Gasteiger partial charge in [-0.1, -0.05) is 12.2 Å². The first-order chi connectivity index (χ1) is 5.08. The molecule has 0 aliphatic carbocycles. The van der Waals surface area contributed by atoms with E-state index >= 15 is 0 Å². The zero-order valence-electron chi connectivity index (χ0n) is 6.59. The largest absolute Gasteiger partial charge is 0.392 e. The lowest BCUT2D eigenvalue weighted by Crippen LogP contribution is -2.18. The average Bonchev–Trinajstić information content (AvgIpc) is 2.08. The molecule has 60 valence electrons. The summed E-state index contributed by atoms with van der Waals surface area (Å²) in [6, 6.07) is 0. The molecule has 0 aromatic carbocycles. The van der Waals surface area contributed by atoms with Crippen molar-refractivity contribution >= 4 is 11.9 Å². The van der Waals surface area contributed by atoms with E-state index in [0.29, 0.717) is 0 Å². The fourth-order valence-corrected chi connectivity index (χ4v) is 1.12. The maximum atomic E-state index is 11.0. The molecule has 1 fully saturated rings. The zero-order valence-corrected chi connectivity index (χ0v) is 6.59. The monoisotopic (exact) mass is 154 g/mol. The number of carbonyl (C=O) groups excluding carboxylic acids is 2. The third kappa shape index (κ3) is 1.31. The molecule has 0 saturated carbocycles. The smallest absolute Gasteiger partial charge is 0.323 e. The van der Waals surface area contributed by atoms with Crippen LogP contribution in [0.1, 0.15) is 20.3 Å². The van der Waals surface area contributed by atoms with Gasteiger partial charge in [0.2, 0.25) is 0 Å². The third-order valence-corrected chi connectivity index (χ3v) is 1.72. The van der Waals surface area contributed by atoms with Crippen LogP contribution >= 0.6 is 0 Å². The molecule has 1 atom stereocenters. The molecule has 0 bridgehead atoms. The summed E-state index contributed by atoms with van der Waals surface area (Å²) in [5.74, 6) is -0.879. The highest BCUT2D eigenvalue weighted by Gasteiger charge is 2.42. The number of cyclic esters (lactones) is 2. The molecule has 1 rings (SSSR count). The van der Waals surface area contributed by atoms with E-state index in [2.05, 4.69) is 4.74 Å². The van der Waals surface area contributed by atoms with Crippen molar-refractivity contribution in [1.82, 2.24) is 0 Å². The van der Waals surface area contributed by atoms with E-state index in [9.17, 15) is 9.59 Å². The van der Waals surface area contributed by atoms with Crippen molar-refractivity contribution in [2.24, 2.45) is 5.41 Å². The molecular formula is C8H10O3. The summed E-state index contributed by atoms with van der Waals surface area (Å²) >= 11 is 0. The second kappa shape index (κ2) is 2.49. The second-order valence-electron chi connectivity index (χ2n) is 2.86. The molecule has 11 heavy (non-hydrogen) atoms. The molecule has 0 aromatic heterocycles. The lowest BCUT2D eigenvalue weighted by atomic mass is 9.89. The highest BCUT2D eigenvalue weighted by atomic mass is 16.6. The first kappa shape index (κ1) is 7.98. The number of ether oxygens (including phenoxy) is 1. The van der Waals surface area contributed by atoms with E-state index in [0.717, 1.165) is 0 Å². The van der Waals surface area contributed by atoms with Gasteiger partial charge < -0.3 is 4.74 Å². The Hall–Kier alpha value is -1.12. The van der Waals surface area contributed by atoms with Crippen LogP contribution in [0.5, 0.6) is 0 Å². The Labute approximate surface area is 65.0 Å². The lowest BCUT2D eigenvalue weighted by Gasteiger charge is -2.09. The Morgan fingerprint density at radius 2 is 2.18 bits per heavy atom. The van der Waals surface area contributed by atoms with Crippen molar-refractivity contribution in [3.05, 3.63) is 12.2 Å². The summed E-state index contributed by atoms with van der Waals surface area (Å²) in [6.07, 6.45) is 3.61. The van der Waals surface area contributed by atoms with Crippen molar-refractivity contribution in [1.29, 1.82) is 0 Å². The quantitative estimate of drug-likeness (QED) is 0.322. The summed E-state index contributed by atoms with van der Waals surface area (Å²) in [7, 11) is 0. The van der Waals surface area contributed by atoms with Crippen LogP contribution < -0.4 is 0 Å². The molecule has 1 aliphatic rings. The van der Waals surface area contributed by atoms with Crippen LogP contribution in [0, 0.1) is 5.41 Å². The molecule has 0 spiro atoms. The summed E-state index contributed by atoms with van der Waals surface area (Å²) in [5.41, 5.74) is -0.716. The van der Waals surface area contributed by atoms with Gasteiger partial charge in [0.15, 0.2) is 0 Å². The van der Waals surface area contributed by atoms with Gasteiger partial charge >= 0.3 is 11.9 Å². The van der Waals surface area contributed by atoms with Crippen LogP contribution in [0.25, 0.3) is 0 Å². The maximum absolute atomic E-state index is 11.0. The summed E-state index contributed by atoms with van der Waals surface area (Å²) in [6.45, 7) is 3.50. The van der Waals surface area contributed by atoms with Gasteiger partial charge in [0.25, 0.3) is 0 Å². The zero-order chi connectivity index (χ0) is 8.48.